The van der Waals surface area contributed by atoms with Crippen molar-refractivity contribution in [1.82, 2.24) is 0 Å². The third-order valence-electron chi connectivity index (χ3n) is 7.88. The van der Waals surface area contributed by atoms with Crippen molar-refractivity contribution in [1.29, 1.82) is 0 Å². The highest BCUT2D eigenvalue weighted by molar-refractivity contribution is 5.95. The highest BCUT2D eigenvalue weighted by Gasteiger charge is 2.75. The number of hydrogen-bond donors (Lipinski definition) is 3. The maximum Gasteiger partial charge on any atom is 0.153 e. The maximum absolute atomic E-state index is 13.7. The number of carbonyl (C=O) groups is 1. The number of hydrogen-bond acceptors (Lipinski definition) is 4. The Labute approximate surface area is 143 Å². The minimum atomic E-state index is -1.87. The zero-order valence-corrected chi connectivity index (χ0v) is 15.1. The van der Waals surface area contributed by atoms with Crippen molar-refractivity contribution >= 4 is 5.78 Å². The Balaban J connectivity index is 1.99. The van der Waals surface area contributed by atoms with Crippen LogP contribution in [0.3, 0.4) is 0 Å². The van der Waals surface area contributed by atoms with Crippen LogP contribution in [0.5, 0.6) is 0 Å². The summed E-state index contributed by atoms with van der Waals surface area (Å²) in [5, 5.41) is 33.2. The number of ketones is 1. The van der Waals surface area contributed by atoms with Crippen molar-refractivity contribution in [3.63, 3.8) is 0 Å². The molecule has 1 spiro atoms. The van der Waals surface area contributed by atoms with E-state index in [1.54, 1.807) is 19.9 Å². The van der Waals surface area contributed by atoms with Crippen LogP contribution in [0.2, 0.25) is 0 Å². The van der Waals surface area contributed by atoms with Crippen molar-refractivity contribution in [2.45, 2.75) is 58.8 Å². The Bertz CT molecular complexity index is 690. The van der Waals surface area contributed by atoms with Gasteiger partial charge in [-0.15, -0.1) is 0 Å². The molecule has 0 aromatic carbocycles. The smallest absolute Gasteiger partial charge is 0.153 e. The molecule has 4 nitrogen and oxygen atoms in total. The van der Waals surface area contributed by atoms with Crippen molar-refractivity contribution in [3.8, 4) is 0 Å². The second-order valence-corrected chi connectivity index (χ2v) is 9.28. The molecule has 3 N–H and O–H groups in total. The van der Waals surface area contributed by atoms with Gasteiger partial charge in [-0.05, 0) is 54.6 Å². The number of allylic oxidation sites excluding steroid dienone is 1. The first-order valence-corrected chi connectivity index (χ1v) is 9.01. The molecule has 8 atom stereocenters. The largest absolute Gasteiger partial charge is 0.386 e. The zero-order chi connectivity index (χ0) is 17.8. The van der Waals surface area contributed by atoms with Gasteiger partial charge in [0.05, 0.1) is 5.41 Å². The van der Waals surface area contributed by atoms with Crippen molar-refractivity contribution in [2.24, 2.45) is 34.5 Å². The summed E-state index contributed by atoms with van der Waals surface area (Å²) < 4.78 is 0. The van der Waals surface area contributed by atoms with Gasteiger partial charge in [0.1, 0.15) is 17.8 Å². The lowest BCUT2D eigenvalue weighted by Gasteiger charge is -2.48. The average Bonchev–Trinajstić information content (AvgIpc) is 3.01. The molecule has 0 aromatic rings. The number of Topliss-reactive ketones (excluding diaryl/α,β-unsaturated/α-hetero) is 1. The summed E-state index contributed by atoms with van der Waals surface area (Å²) in [5.74, 6) is 0.240. The lowest BCUT2D eigenvalue weighted by atomic mass is 9.59. The van der Waals surface area contributed by atoms with Crippen LogP contribution in [0.4, 0.5) is 0 Å². The summed E-state index contributed by atoms with van der Waals surface area (Å²) in [6.45, 7) is 9.91. The van der Waals surface area contributed by atoms with E-state index in [0.717, 1.165) is 6.42 Å². The number of aliphatic hydroxyl groups is 3. The van der Waals surface area contributed by atoms with Crippen molar-refractivity contribution < 1.29 is 20.1 Å². The first-order valence-electron chi connectivity index (χ1n) is 9.01. The molecule has 4 rings (SSSR count). The Kier molecular flexibility index (Phi) is 3.03. The van der Waals surface area contributed by atoms with Gasteiger partial charge < -0.3 is 15.3 Å². The van der Waals surface area contributed by atoms with Crippen LogP contribution in [-0.2, 0) is 4.79 Å². The first-order chi connectivity index (χ1) is 11.0. The molecule has 2 bridgehead atoms. The van der Waals surface area contributed by atoms with Gasteiger partial charge in [0.15, 0.2) is 5.78 Å². The predicted molar refractivity (Wildman–Crippen MR) is 89.9 cm³/mol. The fraction of sp³-hybridized carbons (Fsp3) is 0.750. The maximum atomic E-state index is 13.7. The molecule has 132 valence electrons. The van der Waals surface area contributed by atoms with Crippen molar-refractivity contribution in [2.75, 3.05) is 0 Å². The second kappa shape index (κ2) is 4.40. The van der Waals surface area contributed by atoms with Crippen LogP contribution in [-0.4, -0.2) is 38.9 Å². The summed E-state index contributed by atoms with van der Waals surface area (Å²) in [6, 6.07) is 0. The number of carbonyl (C=O) groups excluding carboxylic acids is 1. The van der Waals surface area contributed by atoms with E-state index >= 15 is 0 Å². The van der Waals surface area contributed by atoms with Crippen LogP contribution in [0, 0.1) is 34.5 Å². The fourth-order valence-electron chi connectivity index (χ4n) is 6.41. The molecule has 0 aliphatic heterocycles. The van der Waals surface area contributed by atoms with Gasteiger partial charge >= 0.3 is 0 Å². The Morgan fingerprint density at radius 2 is 1.71 bits per heavy atom. The molecule has 4 aliphatic carbocycles. The van der Waals surface area contributed by atoms with Crippen LogP contribution in [0.25, 0.3) is 0 Å². The summed E-state index contributed by atoms with van der Waals surface area (Å²) >= 11 is 0. The van der Waals surface area contributed by atoms with E-state index in [0.29, 0.717) is 17.1 Å². The SMILES string of the molecule is CC1=C[C@@H]2C(=O)[C@]3(C=C(C)[C@H](O)[C@@]3(O)C1O)[C@H](C)C[C@@H]1[C@H]2C1(C)C. The van der Waals surface area contributed by atoms with E-state index in [-0.39, 0.29) is 29.0 Å². The zero-order valence-electron chi connectivity index (χ0n) is 15.1. The predicted octanol–water partition coefficient (Wildman–Crippen LogP) is 1.84. The van der Waals surface area contributed by atoms with Crippen LogP contribution in [0.15, 0.2) is 23.3 Å². The summed E-state index contributed by atoms with van der Waals surface area (Å²) in [6.07, 6.45) is 2.01. The number of fused-ring (bicyclic) bond motifs is 3. The quantitative estimate of drug-likeness (QED) is 0.592. The van der Waals surface area contributed by atoms with Gasteiger partial charge in [0, 0.05) is 5.92 Å². The lowest BCUT2D eigenvalue weighted by molar-refractivity contribution is -0.189. The molecule has 2 saturated carbocycles. The van der Waals surface area contributed by atoms with Crippen LogP contribution in [0.1, 0.15) is 41.0 Å². The molecule has 2 fully saturated rings. The van der Waals surface area contributed by atoms with Crippen molar-refractivity contribution in [3.05, 3.63) is 23.3 Å². The third kappa shape index (κ3) is 1.50. The summed E-state index contributed by atoms with van der Waals surface area (Å²) in [7, 11) is 0. The van der Waals surface area contributed by atoms with Gasteiger partial charge in [0.2, 0.25) is 0 Å². The van der Waals surface area contributed by atoms with Crippen LogP contribution >= 0.6 is 0 Å². The Hall–Kier alpha value is -0.970. The van der Waals surface area contributed by atoms with E-state index in [1.165, 1.54) is 0 Å². The minimum absolute atomic E-state index is 0.0256. The van der Waals surface area contributed by atoms with Gasteiger partial charge in [-0.1, -0.05) is 32.9 Å². The molecule has 0 amide bonds. The molecule has 4 heteroatoms. The molecule has 24 heavy (non-hydrogen) atoms. The van der Waals surface area contributed by atoms with E-state index in [2.05, 4.69) is 13.8 Å². The highest BCUT2D eigenvalue weighted by atomic mass is 16.4. The molecule has 4 aliphatic rings. The lowest BCUT2D eigenvalue weighted by Crippen LogP contribution is -2.64. The van der Waals surface area contributed by atoms with E-state index in [4.69, 9.17) is 0 Å². The normalized spacial score (nSPS) is 54.9. The van der Waals surface area contributed by atoms with Crippen LogP contribution < -0.4 is 0 Å². The summed E-state index contributed by atoms with van der Waals surface area (Å²) in [5.41, 5.74) is -1.80. The molecule has 0 radical (unpaired) electrons. The molecular weight excluding hydrogens is 304 g/mol. The Morgan fingerprint density at radius 1 is 1.12 bits per heavy atom. The minimum Gasteiger partial charge on any atom is -0.386 e. The Morgan fingerprint density at radius 3 is 2.33 bits per heavy atom. The van der Waals surface area contributed by atoms with E-state index in [9.17, 15) is 20.1 Å². The monoisotopic (exact) mass is 332 g/mol. The average molecular weight is 332 g/mol. The van der Waals surface area contributed by atoms with E-state index in [1.807, 2.05) is 13.0 Å². The third-order valence-corrected chi connectivity index (χ3v) is 7.88. The standard InChI is InChI=1S/C20H28O4/c1-9-6-12-14-13(18(14,4)5)7-11(3)19(17(12)23)8-10(2)16(22)20(19,24)15(9)21/h6,8,11-16,21-22,24H,7H2,1-5H3/t11-,12+,13-,14+,15?,16+,19+,20+/m1/s1. The van der Waals surface area contributed by atoms with Gasteiger partial charge in [0.25, 0.3) is 0 Å². The molecule has 0 heterocycles. The van der Waals surface area contributed by atoms with Gasteiger partial charge in [-0.25, -0.2) is 0 Å². The van der Waals surface area contributed by atoms with Gasteiger partial charge in [-0.3, -0.25) is 4.79 Å². The molecule has 0 aromatic heterocycles. The molecule has 1 unspecified atom stereocenters. The van der Waals surface area contributed by atoms with Gasteiger partial charge in [-0.2, -0.15) is 0 Å². The highest BCUT2D eigenvalue weighted by Crippen LogP contribution is 2.71. The summed E-state index contributed by atoms with van der Waals surface area (Å²) in [4.78, 5) is 13.7. The first kappa shape index (κ1) is 16.5. The topological polar surface area (TPSA) is 77.8 Å². The number of rotatable bonds is 0. The fourth-order valence-corrected chi connectivity index (χ4v) is 6.41. The van der Waals surface area contributed by atoms with E-state index < -0.39 is 23.2 Å². The number of aliphatic hydroxyl groups excluding tert-OH is 2. The molecule has 0 saturated heterocycles. The second-order valence-electron chi connectivity index (χ2n) is 9.28. The molecular formula is C20H28O4.